The second-order valence-electron chi connectivity index (χ2n) is 4.43. The standard InChI is InChI=1S/C14H16N4O2/c1-18(2)14-16-11(8-12(17-14)13(15)19)9-4-6-10(20-3)7-5-9/h4-8H,1-3H3,(H2,15,19). The van der Waals surface area contributed by atoms with Crippen LogP contribution in [0.1, 0.15) is 10.5 Å². The molecule has 0 aliphatic rings. The van der Waals surface area contributed by atoms with Gasteiger partial charge in [0.15, 0.2) is 0 Å². The molecule has 20 heavy (non-hydrogen) atoms. The van der Waals surface area contributed by atoms with Crippen molar-refractivity contribution >= 4 is 11.9 Å². The number of carbonyl (C=O) groups is 1. The number of ether oxygens (including phenoxy) is 1. The van der Waals surface area contributed by atoms with Gasteiger partial charge >= 0.3 is 0 Å². The molecule has 1 aromatic carbocycles. The lowest BCUT2D eigenvalue weighted by molar-refractivity contribution is 0.0995. The number of aromatic nitrogens is 2. The molecule has 2 aromatic rings. The van der Waals surface area contributed by atoms with Crippen LogP contribution in [0.15, 0.2) is 30.3 Å². The highest BCUT2D eigenvalue weighted by Gasteiger charge is 2.11. The van der Waals surface area contributed by atoms with E-state index in [0.717, 1.165) is 11.3 Å². The molecule has 6 heteroatoms. The van der Waals surface area contributed by atoms with E-state index in [1.807, 2.05) is 24.3 Å². The maximum Gasteiger partial charge on any atom is 0.267 e. The van der Waals surface area contributed by atoms with Crippen LogP contribution >= 0.6 is 0 Å². The number of primary amides is 1. The average Bonchev–Trinajstić information content (AvgIpc) is 2.46. The van der Waals surface area contributed by atoms with Crippen molar-refractivity contribution in [3.8, 4) is 17.0 Å². The Balaban J connectivity index is 2.51. The highest BCUT2D eigenvalue weighted by Crippen LogP contribution is 2.22. The largest absolute Gasteiger partial charge is 0.497 e. The number of benzene rings is 1. The summed E-state index contributed by atoms with van der Waals surface area (Å²) in [7, 11) is 5.21. The van der Waals surface area contributed by atoms with Gasteiger partial charge in [-0.3, -0.25) is 4.79 Å². The number of anilines is 1. The molecule has 2 rings (SSSR count). The molecule has 1 amide bonds. The minimum absolute atomic E-state index is 0.189. The second kappa shape index (κ2) is 5.56. The monoisotopic (exact) mass is 272 g/mol. The Morgan fingerprint density at radius 3 is 2.35 bits per heavy atom. The van der Waals surface area contributed by atoms with Crippen LogP contribution < -0.4 is 15.4 Å². The molecule has 0 saturated heterocycles. The second-order valence-corrected chi connectivity index (χ2v) is 4.43. The minimum atomic E-state index is -0.578. The molecule has 104 valence electrons. The van der Waals surface area contributed by atoms with E-state index in [1.165, 1.54) is 0 Å². The van der Waals surface area contributed by atoms with Crippen molar-refractivity contribution in [2.75, 3.05) is 26.1 Å². The summed E-state index contributed by atoms with van der Waals surface area (Å²) in [6.45, 7) is 0. The Morgan fingerprint density at radius 2 is 1.85 bits per heavy atom. The summed E-state index contributed by atoms with van der Waals surface area (Å²) < 4.78 is 5.11. The van der Waals surface area contributed by atoms with Crippen LogP contribution in [0.2, 0.25) is 0 Å². The van der Waals surface area contributed by atoms with Crippen LogP contribution in [-0.2, 0) is 0 Å². The summed E-state index contributed by atoms with van der Waals surface area (Å²) in [4.78, 5) is 21.6. The number of hydrogen-bond donors (Lipinski definition) is 1. The van der Waals surface area contributed by atoms with Crippen molar-refractivity contribution in [3.63, 3.8) is 0 Å². The number of nitrogens with zero attached hydrogens (tertiary/aromatic N) is 3. The van der Waals surface area contributed by atoms with E-state index in [0.29, 0.717) is 11.6 Å². The third-order valence-electron chi connectivity index (χ3n) is 2.75. The van der Waals surface area contributed by atoms with Gasteiger partial charge in [0.1, 0.15) is 11.4 Å². The predicted molar refractivity (Wildman–Crippen MR) is 76.9 cm³/mol. The number of nitrogens with two attached hydrogens (primary N) is 1. The first-order valence-corrected chi connectivity index (χ1v) is 6.02. The van der Waals surface area contributed by atoms with Crippen molar-refractivity contribution in [1.29, 1.82) is 0 Å². The summed E-state index contributed by atoms with van der Waals surface area (Å²) in [5.41, 5.74) is 7.00. The van der Waals surface area contributed by atoms with Crippen LogP contribution in [0.3, 0.4) is 0 Å². The van der Waals surface area contributed by atoms with Gasteiger partial charge in [-0.25, -0.2) is 9.97 Å². The Labute approximate surface area is 117 Å². The van der Waals surface area contributed by atoms with E-state index in [2.05, 4.69) is 9.97 Å². The van der Waals surface area contributed by atoms with Gasteiger partial charge in [-0.1, -0.05) is 0 Å². The SMILES string of the molecule is COc1ccc(-c2cc(C(N)=O)nc(N(C)C)n2)cc1. The molecule has 0 bridgehead atoms. The lowest BCUT2D eigenvalue weighted by atomic mass is 10.1. The third-order valence-corrected chi connectivity index (χ3v) is 2.75. The van der Waals surface area contributed by atoms with Gasteiger partial charge in [0.2, 0.25) is 5.95 Å². The molecule has 0 unspecified atom stereocenters. The van der Waals surface area contributed by atoms with Crippen molar-refractivity contribution in [2.45, 2.75) is 0 Å². The number of amides is 1. The van der Waals surface area contributed by atoms with E-state index in [9.17, 15) is 4.79 Å². The number of carbonyl (C=O) groups excluding carboxylic acids is 1. The molecule has 0 aliphatic carbocycles. The Kier molecular flexibility index (Phi) is 3.84. The Bertz CT molecular complexity index is 624. The van der Waals surface area contributed by atoms with Crippen LogP contribution in [0.5, 0.6) is 5.75 Å². The molecule has 0 fully saturated rings. The molecule has 0 spiro atoms. The van der Waals surface area contributed by atoms with E-state index >= 15 is 0 Å². The van der Waals surface area contributed by atoms with Crippen molar-refractivity contribution in [1.82, 2.24) is 9.97 Å². The molecule has 0 aliphatic heterocycles. The first kappa shape index (κ1) is 13.8. The van der Waals surface area contributed by atoms with Crippen molar-refractivity contribution in [2.24, 2.45) is 5.73 Å². The summed E-state index contributed by atoms with van der Waals surface area (Å²) in [6.07, 6.45) is 0. The van der Waals surface area contributed by atoms with E-state index < -0.39 is 5.91 Å². The maximum absolute atomic E-state index is 11.4. The van der Waals surface area contributed by atoms with Crippen LogP contribution in [0.25, 0.3) is 11.3 Å². The highest BCUT2D eigenvalue weighted by molar-refractivity contribution is 5.92. The molecule has 0 saturated carbocycles. The highest BCUT2D eigenvalue weighted by atomic mass is 16.5. The van der Waals surface area contributed by atoms with Crippen LogP contribution in [0.4, 0.5) is 5.95 Å². The average molecular weight is 272 g/mol. The molecular formula is C14H16N4O2. The Hall–Kier alpha value is -2.63. The third kappa shape index (κ3) is 2.85. The molecule has 6 nitrogen and oxygen atoms in total. The summed E-state index contributed by atoms with van der Waals surface area (Å²) in [5.74, 6) is 0.614. The molecule has 2 N–H and O–H groups in total. The minimum Gasteiger partial charge on any atom is -0.497 e. The number of methoxy groups -OCH3 is 1. The summed E-state index contributed by atoms with van der Waals surface area (Å²) in [5, 5.41) is 0. The fourth-order valence-corrected chi connectivity index (χ4v) is 1.67. The zero-order valence-corrected chi connectivity index (χ0v) is 11.6. The molecule has 0 atom stereocenters. The lowest BCUT2D eigenvalue weighted by Gasteiger charge is -2.12. The van der Waals surface area contributed by atoms with Gasteiger partial charge in [-0.05, 0) is 30.3 Å². The smallest absolute Gasteiger partial charge is 0.267 e. The number of rotatable bonds is 4. The zero-order chi connectivity index (χ0) is 14.7. The molecule has 1 heterocycles. The van der Waals surface area contributed by atoms with Gasteiger partial charge in [0.05, 0.1) is 12.8 Å². The van der Waals surface area contributed by atoms with E-state index in [4.69, 9.17) is 10.5 Å². The normalized spacial score (nSPS) is 10.2. The molecule has 1 aromatic heterocycles. The fourth-order valence-electron chi connectivity index (χ4n) is 1.67. The quantitative estimate of drug-likeness (QED) is 0.907. The topological polar surface area (TPSA) is 81.3 Å². The first-order chi connectivity index (χ1) is 9.51. The number of hydrogen-bond acceptors (Lipinski definition) is 5. The maximum atomic E-state index is 11.4. The van der Waals surface area contributed by atoms with Gasteiger partial charge in [-0.2, -0.15) is 0 Å². The van der Waals surface area contributed by atoms with Crippen molar-refractivity contribution in [3.05, 3.63) is 36.0 Å². The lowest BCUT2D eigenvalue weighted by Crippen LogP contribution is -2.19. The summed E-state index contributed by atoms with van der Waals surface area (Å²) >= 11 is 0. The molecular weight excluding hydrogens is 256 g/mol. The Morgan fingerprint density at radius 1 is 1.20 bits per heavy atom. The van der Waals surface area contributed by atoms with Gasteiger partial charge in [0, 0.05) is 19.7 Å². The van der Waals surface area contributed by atoms with Gasteiger partial charge < -0.3 is 15.4 Å². The van der Waals surface area contributed by atoms with Gasteiger partial charge in [0.25, 0.3) is 5.91 Å². The van der Waals surface area contributed by atoms with Crippen LogP contribution in [-0.4, -0.2) is 37.1 Å². The fraction of sp³-hybridized carbons (Fsp3) is 0.214. The first-order valence-electron chi connectivity index (χ1n) is 6.02. The van der Waals surface area contributed by atoms with Crippen LogP contribution in [0, 0.1) is 0 Å². The zero-order valence-electron chi connectivity index (χ0n) is 11.6. The predicted octanol–water partition coefficient (Wildman–Crippen LogP) is 1.32. The summed E-state index contributed by atoms with van der Waals surface area (Å²) in [6, 6.07) is 8.97. The van der Waals surface area contributed by atoms with E-state index in [1.54, 1.807) is 32.2 Å². The molecule has 0 radical (unpaired) electrons. The van der Waals surface area contributed by atoms with E-state index in [-0.39, 0.29) is 5.69 Å². The van der Waals surface area contributed by atoms with Gasteiger partial charge in [-0.15, -0.1) is 0 Å². The van der Waals surface area contributed by atoms with Crippen molar-refractivity contribution < 1.29 is 9.53 Å².